The van der Waals surface area contributed by atoms with Gasteiger partial charge in [-0.1, -0.05) is 54.1 Å². The minimum atomic E-state index is -0.673. The predicted molar refractivity (Wildman–Crippen MR) is 164 cm³/mol. The van der Waals surface area contributed by atoms with E-state index in [2.05, 4.69) is 10.3 Å². The Morgan fingerprint density at radius 2 is 1.67 bits per heavy atom. The number of nitrogens with zero attached hydrogens (tertiary/aromatic N) is 2. The number of fused-ring (bicyclic) bond motifs is 4. The molecule has 0 spiro atoms. The molecule has 3 heterocycles. The molecule has 1 saturated heterocycles. The van der Waals surface area contributed by atoms with Gasteiger partial charge in [0.25, 0.3) is 11.8 Å². The van der Waals surface area contributed by atoms with E-state index in [0.29, 0.717) is 35.0 Å². The first-order valence-corrected chi connectivity index (χ1v) is 14.3. The average Bonchev–Trinajstić information content (AvgIpc) is 3.53. The summed E-state index contributed by atoms with van der Waals surface area (Å²) in [6.07, 6.45) is 0.401. The molecular formula is C34H27ClN4O4. The van der Waals surface area contributed by atoms with Crippen molar-refractivity contribution >= 4 is 46.0 Å². The number of anilines is 1. The van der Waals surface area contributed by atoms with Gasteiger partial charge in [0.15, 0.2) is 0 Å². The average molecular weight is 591 g/mol. The van der Waals surface area contributed by atoms with E-state index in [4.69, 9.17) is 16.3 Å². The predicted octanol–water partition coefficient (Wildman–Crippen LogP) is 6.24. The third kappa shape index (κ3) is 4.60. The smallest absolute Gasteiger partial charge is 0.332 e. The Morgan fingerprint density at radius 3 is 2.40 bits per heavy atom. The number of halogens is 1. The topological polar surface area (TPSA) is 94.7 Å². The molecule has 4 aromatic carbocycles. The van der Waals surface area contributed by atoms with Gasteiger partial charge in [-0.3, -0.25) is 14.5 Å². The molecule has 5 aromatic rings. The lowest BCUT2D eigenvalue weighted by Gasteiger charge is -2.36. The zero-order chi connectivity index (χ0) is 29.7. The van der Waals surface area contributed by atoms with Crippen LogP contribution in [0.3, 0.4) is 0 Å². The first-order valence-electron chi connectivity index (χ1n) is 14.0. The minimum Gasteiger partial charge on any atom is -0.497 e. The van der Waals surface area contributed by atoms with Crippen LogP contribution in [-0.2, 0) is 17.8 Å². The Bertz CT molecular complexity index is 1870. The molecule has 0 aliphatic carbocycles. The van der Waals surface area contributed by atoms with Crippen LogP contribution in [0.4, 0.5) is 10.5 Å². The molecule has 2 atom stereocenters. The Hall–Kier alpha value is -5.08. The Kier molecular flexibility index (Phi) is 6.63. The maximum Gasteiger partial charge on any atom is 0.332 e. The number of imide groups is 1. The number of nitrogens with one attached hydrogen (secondary N) is 2. The molecule has 1 fully saturated rings. The van der Waals surface area contributed by atoms with Crippen molar-refractivity contribution in [1.82, 2.24) is 15.2 Å². The number of aromatic nitrogens is 1. The van der Waals surface area contributed by atoms with Gasteiger partial charge >= 0.3 is 6.03 Å². The lowest BCUT2D eigenvalue weighted by Crippen LogP contribution is -2.44. The highest BCUT2D eigenvalue weighted by Gasteiger charge is 2.53. The van der Waals surface area contributed by atoms with E-state index in [1.165, 1.54) is 4.90 Å². The number of amides is 4. The first-order chi connectivity index (χ1) is 20.9. The van der Waals surface area contributed by atoms with Crippen LogP contribution in [0.15, 0.2) is 97.1 Å². The highest BCUT2D eigenvalue weighted by molar-refractivity contribution is 6.30. The lowest BCUT2D eigenvalue weighted by molar-refractivity contribution is -0.120. The Labute approximate surface area is 252 Å². The van der Waals surface area contributed by atoms with Crippen LogP contribution in [0.5, 0.6) is 5.75 Å². The van der Waals surface area contributed by atoms with Crippen LogP contribution in [0.1, 0.15) is 38.8 Å². The molecule has 214 valence electrons. The summed E-state index contributed by atoms with van der Waals surface area (Å²) in [5, 5.41) is 4.56. The number of urea groups is 1. The SMILES string of the molecule is COc1ccc([C@@H]2c3[nH]c4ccccc4c3C[C@H]3C(=O)N(c4ccc(C(=O)NCc5ccc(Cl)cc5)cc4)C(=O)N23)cc1. The summed E-state index contributed by atoms with van der Waals surface area (Å²) >= 11 is 5.94. The molecule has 8 nitrogen and oxygen atoms in total. The molecule has 1 aromatic heterocycles. The van der Waals surface area contributed by atoms with E-state index in [1.54, 1.807) is 48.4 Å². The fourth-order valence-corrected chi connectivity index (χ4v) is 6.22. The molecule has 0 unspecified atom stereocenters. The summed E-state index contributed by atoms with van der Waals surface area (Å²) in [6, 6.07) is 27.8. The molecule has 4 amide bonds. The Balaban J connectivity index is 1.19. The number of rotatable bonds is 6. The number of H-pyrrole nitrogens is 1. The molecular weight excluding hydrogens is 564 g/mol. The van der Waals surface area contributed by atoms with Crippen molar-refractivity contribution in [2.24, 2.45) is 0 Å². The number of methoxy groups -OCH3 is 1. The monoisotopic (exact) mass is 590 g/mol. The van der Waals surface area contributed by atoms with Crippen LogP contribution in [0, 0.1) is 0 Å². The van der Waals surface area contributed by atoms with Crippen molar-refractivity contribution in [3.05, 3.63) is 130 Å². The standard InChI is InChI=1S/C34H27ClN4O4/c1-43-25-16-10-21(11-17-25)31-30-27(26-4-2-3-5-28(26)37-30)18-29-33(41)38(34(42)39(29)31)24-14-8-22(9-15-24)32(40)36-19-20-6-12-23(35)13-7-20/h2-17,29,31,37H,18-19H2,1H3,(H,36,40)/t29-,31+/m0/s1. The summed E-state index contributed by atoms with van der Waals surface area (Å²) < 4.78 is 5.36. The van der Waals surface area contributed by atoms with Crippen molar-refractivity contribution in [1.29, 1.82) is 0 Å². The number of ether oxygens (including phenoxy) is 1. The fraction of sp³-hybridized carbons (Fsp3) is 0.147. The van der Waals surface area contributed by atoms with E-state index in [9.17, 15) is 14.4 Å². The maximum atomic E-state index is 14.1. The molecule has 0 saturated carbocycles. The second-order valence-electron chi connectivity index (χ2n) is 10.7. The summed E-state index contributed by atoms with van der Waals surface area (Å²) in [7, 11) is 1.61. The summed E-state index contributed by atoms with van der Waals surface area (Å²) in [6.45, 7) is 0.346. The highest BCUT2D eigenvalue weighted by atomic mass is 35.5. The van der Waals surface area contributed by atoms with E-state index < -0.39 is 18.1 Å². The van der Waals surface area contributed by atoms with E-state index >= 15 is 0 Å². The number of para-hydroxylation sites is 1. The highest BCUT2D eigenvalue weighted by Crippen LogP contribution is 2.45. The molecule has 2 N–H and O–H groups in total. The van der Waals surface area contributed by atoms with Gasteiger partial charge in [-0.25, -0.2) is 9.69 Å². The minimum absolute atomic E-state index is 0.261. The van der Waals surface area contributed by atoms with Gasteiger partial charge in [0.1, 0.15) is 17.8 Å². The zero-order valence-electron chi connectivity index (χ0n) is 23.2. The van der Waals surface area contributed by atoms with Gasteiger partial charge in [-0.15, -0.1) is 0 Å². The Morgan fingerprint density at radius 1 is 0.953 bits per heavy atom. The number of carbonyl (C=O) groups excluding carboxylic acids is 3. The summed E-state index contributed by atoms with van der Waals surface area (Å²) in [4.78, 5) is 47.3. The van der Waals surface area contributed by atoms with E-state index in [1.807, 2.05) is 60.7 Å². The molecule has 2 aliphatic heterocycles. The number of benzene rings is 4. The number of hydrogen-bond acceptors (Lipinski definition) is 4. The largest absolute Gasteiger partial charge is 0.497 e. The zero-order valence-corrected chi connectivity index (χ0v) is 24.0. The molecule has 0 bridgehead atoms. The molecule has 2 aliphatic rings. The van der Waals surface area contributed by atoms with Gasteiger partial charge in [0.05, 0.1) is 12.8 Å². The second-order valence-corrected chi connectivity index (χ2v) is 11.1. The number of aromatic amines is 1. The van der Waals surface area contributed by atoms with E-state index in [0.717, 1.165) is 33.3 Å². The van der Waals surface area contributed by atoms with Crippen molar-refractivity contribution in [3.63, 3.8) is 0 Å². The summed E-state index contributed by atoms with van der Waals surface area (Å²) in [5.74, 6) is 0.151. The lowest BCUT2D eigenvalue weighted by atomic mass is 9.89. The maximum absolute atomic E-state index is 14.1. The molecule has 43 heavy (non-hydrogen) atoms. The van der Waals surface area contributed by atoms with Gasteiger partial charge < -0.3 is 15.0 Å². The van der Waals surface area contributed by atoms with Crippen molar-refractivity contribution in [2.75, 3.05) is 12.0 Å². The molecule has 0 radical (unpaired) electrons. The molecule has 9 heteroatoms. The van der Waals surface area contributed by atoms with Crippen molar-refractivity contribution in [2.45, 2.75) is 25.0 Å². The van der Waals surface area contributed by atoms with Crippen molar-refractivity contribution in [3.8, 4) is 5.75 Å². The van der Waals surface area contributed by atoms with Crippen LogP contribution in [0.25, 0.3) is 10.9 Å². The first kappa shape index (κ1) is 26.8. The third-order valence-corrected chi connectivity index (χ3v) is 8.49. The van der Waals surface area contributed by atoms with Crippen LogP contribution < -0.4 is 15.0 Å². The van der Waals surface area contributed by atoms with Crippen LogP contribution in [-0.4, -0.2) is 40.9 Å². The van der Waals surface area contributed by atoms with Crippen LogP contribution >= 0.6 is 11.6 Å². The van der Waals surface area contributed by atoms with Crippen LogP contribution in [0.2, 0.25) is 5.02 Å². The van der Waals surface area contributed by atoms with E-state index in [-0.39, 0.29) is 11.8 Å². The second kappa shape index (κ2) is 10.6. The van der Waals surface area contributed by atoms with Gasteiger partial charge in [0, 0.05) is 40.1 Å². The molecule has 7 rings (SSSR count). The normalized spacial score (nSPS) is 17.6. The fourth-order valence-electron chi connectivity index (χ4n) is 6.09. The van der Waals surface area contributed by atoms with Gasteiger partial charge in [-0.05, 0) is 71.3 Å². The van der Waals surface area contributed by atoms with Gasteiger partial charge in [0.2, 0.25) is 0 Å². The van der Waals surface area contributed by atoms with Crippen molar-refractivity contribution < 1.29 is 19.1 Å². The number of carbonyl (C=O) groups is 3. The summed E-state index contributed by atoms with van der Waals surface area (Å²) in [5.41, 5.74) is 5.53. The third-order valence-electron chi connectivity index (χ3n) is 8.23. The number of hydrogen-bond donors (Lipinski definition) is 2. The van der Waals surface area contributed by atoms with Gasteiger partial charge in [-0.2, -0.15) is 0 Å². The quantitative estimate of drug-likeness (QED) is 0.229.